The Bertz CT molecular complexity index is 292. The van der Waals surface area contributed by atoms with Crippen LogP contribution in [0.4, 0.5) is 0 Å². The van der Waals surface area contributed by atoms with Gasteiger partial charge in [-0.05, 0) is 31.0 Å². The molecule has 0 radical (unpaired) electrons. The minimum atomic E-state index is -0.429. The highest BCUT2D eigenvalue weighted by Gasteiger charge is 2.10. The van der Waals surface area contributed by atoms with Crippen molar-refractivity contribution < 1.29 is 4.79 Å². The second kappa shape index (κ2) is 4.64. The van der Waals surface area contributed by atoms with Gasteiger partial charge < -0.3 is 0 Å². The molecule has 1 aromatic carbocycles. The van der Waals surface area contributed by atoms with E-state index in [4.69, 9.17) is 23.2 Å². The molecule has 1 nitrogen and oxygen atoms in total. The number of benzene rings is 1. The number of rotatable bonds is 3. The zero-order valence-corrected chi connectivity index (χ0v) is 8.77. The molecule has 1 aromatic rings. The maximum Gasteiger partial charge on any atom is 0.147 e. The van der Waals surface area contributed by atoms with Gasteiger partial charge in [0.1, 0.15) is 5.78 Å². The topological polar surface area (TPSA) is 17.1 Å². The Labute approximate surface area is 87.7 Å². The lowest BCUT2D eigenvalue weighted by Crippen LogP contribution is -2.13. The lowest BCUT2D eigenvalue weighted by atomic mass is 10.1. The Kier molecular flexibility index (Phi) is 3.76. The first-order chi connectivity index (χ1) is 6.09. The molecule has 13 heavy (non-hydrogen) atoms. The van der Waals surface area contributed by atoms with Crippen molar-refractivity contribution in [2.45, 2.75) is 18.7 Å². The number of hydrogen-bond donors (Lipinski definition) is 0. The molecule has 3 heteroatoms. The first-order valence-corrected chi connectivity index (χ1v) is 4.80. The molecule has 0 spiro atoms. The van der Waals surface area contributed by atoms with Gasteiger partial charge in [0, 0.05) is 5.02 Å². The van der Waals surface area contributed by atoms with Crippen LogP contribution in [0.5, 0.6) is 0 Å². The van der Waals surface area contributed by atoms with Crippen molar-refractivity contribution in [1.82, 2.24) is 0 Å². The first kappa shape index (κ1) is 10.6. The van der Waals surface area contributed by atoms with E-state index in [-0.39, 0.29) is 5.78 Å². The van der Waals surface area contributed by atoms with Gasteiger partial charge in [-0.3, -0.25) is 4.79 Å². The third kappa shape index (κ3) is 3.37. The molecule has 0 bridgehead atoms. The monoisotopic (exact) mass is 216 g/mol. The Morgan fingerprint density at radius 1 is 1.38 bits per heavy atom. The van der Waals surface area contributed by atoms with Gasteiger partial charge in [-0.1, -0.05) is 23.7 Å². The lowest BCUT2D eigenvalue weighted by Gasteiger charge is -2.04. The molecular weight excluding hydrogens is 207 g/mol. The molecule has 0 fully saturated rings. The second-order valence-electron chi connectivity index (χ2n) is 2.91. The second-order valence-corrected chi connectivity index (χ2v) is 3.87. The number of hydrogen-bond acceptors (Lipinski definition) is 1. The fourth-order valence-corrected chi connectivity index (χ4v) is 1.28. The molecule has 0 saturated carbocycles. The third-order valence-electron chi connectivity index (χ3n) is 1.77. The van der Waals surface area contributed by atoms with E-state index in [1.54, 1.807) is 12.1 Å². The van der Waals surface area contributed by atoms with Gasteiger partial charge >= 0.3 is 0 Å². The third-order valence-corrected chi connectivity index (χ3v) is 2.48. The average Bonchev–Trinajstić information content (AvgIpc) is 2.08. The van der Waals surface area contributed by atoms with Crippen LogP contribution >= 0.6 is 23.2 Å². The number of Topliss-reactive ketones (excluding diaryl/α,β-unsaturated/α-hetero) is 1. The smallest absolute Gasteiger partial charge is 0.147 e. The quantitative estimate of drug-likeness (QED) is 0.711. The summed E-state index contributed by atoms with van der Waals surface area (Å²) >= 11 is 11.5. The van der Waals surface area contributed by atoms with E-state index in [1.165, 1.54) is 6.92 Å². The molecule has 0 N–H and O–H groups in total. The molecule has 0 aliphatic carbocycles. The van der Waals surface area contributed by atoms with Crippen molar-refractivity contribution in [2.24, 2.45) is 0 Å². The Morgan fingerprint density at radius 2 is 1.92 bits per heavy atom. The van der Waals surface area contributed by atoms with Crippen molar-refractivity contribution in [2.75, 3.05) is 0 Å². The minimum Gasteiger partial charge on any atom is -0.298 e. The van der Waals surface area contributed by atoms with Gasteiger partial charge in [-0.2, -0.15) is 0 Å². The van der Waals surface area contributed by atoms with Crippen molar-refractivity contribution in [1.29, 1.82) is 0 Å². The van der Waals surface area contributed by atoms with Gasteiger partial charge in [0.2, 0.25) is 0 Å². The largest absolute Gasteiger partial charge is 0.298 e. The summed E-state index contributed by atoms with van der Waals surface area (Å²) in [7, 11) is 0. The molecule has 0 aliphatic rings. The summed E-state index contributed by atoms with van der Waals surface area (Å²) in [5.41, 5.74) is 1.03. The molecule has 1 rings (SSSR count). The van der Waals surface area contributed by atoms with Crippen LogP contribution in [-0.2, 0) is 11.2 Å². The van der Waals surface area contributed by atoms with E-state index in [2.05, 4.69) is 0 Å². The Hall–Kier alpha value is -0.530. The number of carbonyl (C=O) groups excluding carboxylic acids is 1. The lowest BCUT2D eigenvalue weighted by molar-refractivity contribution is -0.116. The van der Waals surface area contributed by atoms with E-state index < -0.39 is 5.38 Å². The van der Waals surface area contributed by atoms with Gasteiger partial charge in [0.15, 0.2) is 0 Å². The zero-order valence-electron chi connectivity index (χ0n) is 7.26. The maximum absolute atomic E-state index is 10.9. The van der Waals surface area contributed by atoms with E-state index in [1.807, 2.05) is 12.1 Å². The molecule has 0 aliphatic heterocycles. The summed E-state index contributed by atoms with van der Waals surface area (Å²) in [5, 5.41) is 0.263. The van der Waals surface area contributed by atoms with Crippen molar-refractivity contribution in [3.05, 3.63) is 34.9 Å². The molecule has 0 aromatic heterocycles. The van der Waals surface area contributed by atoms with Crippen LogP contribution in [-0.4, -0.2) is 11.2 Å². The van der Waals surface area contributed by atoms with E-state index in [0.717, 1.165) is 5.56 Å². The fourth-order valence-electron chi connectivity index (χ4n) is 0.971. The van der Waals surface area contributed by atoms with Crippen molar-refractivity contribution in [3.8, 4) is 0 Å². The SMILES string of the molecule is CC(=O)[C@@H](Cl)Cc1ccc(Cl)cc1. The summed E-state index contributed by atoms with van der Waals surface area (Å²) in [4.78, 5) is 10.9. The summed E-state index contributed by atoms with van der Waals surface area (Å²) < 4.78 is 0. The van der Waals surface area contributed by atoms with E-state index in [9.17, 15) is 4.79 Å². The number of ketones is 1. The van der Waals surface area contributed by atoms with Crippen molar-refractivity contribution >= 4 is 29.0 Å². The molecular formula is C10H10Cl2O. The molecule has 0 amide bonds. The maximum atomic E-state index is 10.9. The number of carbonyl (C=O) groups is 1. The van der Waals surface area contributed by atoms with Gasteiger partial charge in [0.25, 0.3) is 0 Å². The number of halogens is 2. The molecule has 0 heterocycles. The first-order valence-electron chi connectivity index (χ1n) is 3.98. The highest BCUT2D eigenvalue weighted by atomic mass is 35.5. The molecule has 70 valence electrons. The Balaban J connectivity index is 2.64. The highest BCUT2D eigenvalue weighted by Crippen LogP contribution is 2.13. The zero-order chi connectivity index (χ0) is 9.84. The van der Waals surface area contributed by atoms with Crippen LogP contribution in [0.1, 0.15) is 12.5 Å². The standard InChI is InChI=1S/C10H10Cl2O/c1-7(13)10(12)6-8-2-4-9(11)5-3-8/h2-5,10H,6H2,1H3/t10-/m0/s1. The predicted molar refractivity (Wildman–Crippen MR) is 55.5 cm³/mol. The minimum absolute atomic E-state index is 0.00313. The number of alkyl halides is 1. The summed E-state index contributed by atoms with van der Waals surface area (Å²) in [5.74, 6) is -0.00313. The summed E-state index contributed by atoms with van der Waals surface area (Å²) in [6.07, 6.45) is 0.564. The predicted octanol–water partition coefficient (Wildman–Crippen LogP) is 3.08. The van der Waals surface area contributed by atoms with Crippen LogP contribution in [0, 0.1) is 0 Å². The van der Waals surface area contributed by atoms with Gasteiger partial charge in [-0.15, -0.1) is 11.6 Å². The fraction of sp³-hybridized carbons (Fsp3) is 0.300. The average molecular weight is 217 g/mol. The van der Waals surface area contributed by atoms with Crippen LogP contribution in [0.2, 0.25) is 5.02 Å². The van der Waals surface area contributed by atoms with E-state index >= 15 is 0 Å². The molecule has 0 saturated heterocycles. The van der Waals surface area contributed by atoms with E-state index in [0.29, 0.717) is 11.4 Å². The van der Waals surface area contributed by atoms with Crippen LogP contribution in [0.15, 0.2) is 24.3 Å². The molecule has 1 atom stereocenters. The van der Waals surface area contributed by atoms with Crippen molar-refractivity contribution in [3.63, 3.8) is 0 Å². The van der Waals surface area contributed by atoms with Gasteiger partial charge in [-0.25, -0.2) is 0 Å². The van der Waals surface area contributed by atoms with Crippen LogP contribution in [0.3, 0.4) is 0 Å². The normalized spacial score (nSPS) is 12.5. The summed E-state index contributed by atoms with van der Waals surface area (Å²) in [6, 6.07) is 7.34. The van der Waals surface area contributed by atoms with Crippen LogP contribution < -0.4 is 0 Å². The Morgan fingerprint density at radius 3 is 2.38 bits per heavy atom. The van der Waals surface area contributed by atoms with Crippen LogP contribution in [0.25, 0.3) is 0 Å². The molecule has 0 unspecified atom stereocenters. The highest BCUT2D eigenvalue weighted by molar-refractivity contribution is 6.31. The summed E-state index contributed by atoms with van der Waals surface area (Å²) in [6.45, 7) is 1.49. The van der Waals surface area contributed by atoms with Gasteiger partial charge in [0.05, 0.1) is 5.38 Å².